The first-order chi connectivity index (χ1) is 9.87. The Balaban J connectivity index is 2.05. The average molecular weight is 287 g/mol. The van der Waals surface area contributed by atoms with Crippen molar-refractivity contribution in [3.8, 4) is 0 Å². The van der Waals surface area contributed by atoms with Crippen molar-refractivity contribution in [3.05, 3.63) is 34.9 Å². The molecule has 1 aromatic rings. The Morgan fingerprint density at radius 3 is 2.14 bits per heavy atom. The maximum atomic E-state index is 3.74. The van der Waals surface area contributed by atoms with Crippen LogP contribution in [0.2, 0.25) is 0 Å². The van der Waals surface area contributed by atoms with E-state index < -0.39 is 0 Å². The van der Waals surface area contributed by atoms with Gasteiger partial charge in [0, 0.05) is 5.54 Å². The molecule has 2 atom stereocenters. The molecule has 2 unspecified atom stereocenters. The van der Waals surface area contributed by atoms with E-state index in [1.165, 1.54) is 49.8 Å². The highest BCUT2D eigenvalue weighted by molar-refractivity contribution is 5.33. The monoisotopic (exact) mass is 287 g/mol. The Labute approximate surface area is 131 Å². The Morgan fingerprint density at radius 2 is 1.57 bits per heavy atom. The molecular weight excluding hydrogens is 254 g/mol. The van der Waals surface area contributed by atoms with E-state index in [4.69, 9.17) is 0 Å². The summed E-state index contributed by atoms with van der Waals surface area (Å²) in [4.78, 5) is 0. The van der Waals surface area contributed by atoms with Crippen molar-refractivity contribution in [2.24, 2.45) is 11.8 Å². The van der Waals surface area contributed by atoms with Crippen molar-refractivity contribution in [2.45, 2.75) is 72.3 Å². The summed E-state index contributed by atoms with van der Waals surface area (Å²) in [6.45, 7) is 12.5. The number of hydrogen-bond acceptors (Lipinski definition) is 1. The third kappa shape index (κ3) is 4.85. The van der Waals surface area contributed by atoms with Crippen LogP contribution < -0.4 is 5.32 Å². The zero-order chi connectivity index (χ0) is 15.5. The van der Waals surface area contributed by atoms with Gasteiger partial charge in [-0.25, -0.2) is 0 Å². The molecule has 2 rings (SSSR count). The van der Waals surface area contributed by atoms with Crippen LogP contribution in [0.4, 0.5) is 0 Å². The fourth-order valence-electron chi connectivity index (χ4n) is 3.69. The number of rotatable bonds is 4. The van der Waals surface area contributed by atoms with Crippen LogP contribution in [0, 0.1) is 25.7 Å². The summed E-state index contributed by atoms with van der Waals surface area (Å²) in [5, 5.41) is 3.74. The first-order valence-electron chi connectivity index (χ1n) is 8.67. The molecular formula is C20H33N. The summed E-state index contributed by atoms with van der Waals surface area (Å²) in [7, 11) is 0. The Hall–Kier alpha value is -0.820. The van der Waals surface area contributed by atoms with Crippen LogP contribution in [0.25, 0.3) is 0 Å². The Morgan fingerprint density at radius 1 is 1.00 bits per heavy atom. The van der Waals surface area contributed by atoms with Crippen LogP contribution >= 0.6 is 0 Å². The van der Waals surface area contributed by atoms with E-state index in [1.54, 1.807) is 5.56 Å². The molecule has 1 N–H and O–H groups in total. The van der Waals surface area contributed by atoms with Crippen LogP contribution in [0.3, 0.4) is 0 Å². The summed E-state index contributed by atoms with van der Waals surface area (Å²) >= 11 is 0. The standard InChI is InChI=1S/C20H33N/c1-15-9-8-10-16(2)19(15)13-17-11-6-7-12-18(17)14-21-20(3,4)5/h8-10,17-18,21H,6-7,11-14H2,1-5H3. The minimum Gasteiger partial charge on any atom is -0.312 e. The van der Waals surface area contributed by atoms with Gasteiger partial charge in [0.25, 0.3) is 0 Å². The van der Waals surface area contributed by atoms with Gasteiger partial charge < -0.3 is 5.32 Å². The highest BCUT2D eigenvalue weighted by Gasteiger charge is 2.27. The summed E-state index contributed by atoms with van der Waals surface area (Å²) in [6.07, 6.45) is 6.92. The fraction of sp³-hybridized carbons (Fsp3) is 0.700. The third-order valence-electron chi connectivity index (χ3n) is 5.07. The molecule has 21 heavy (non-hydrogen) atoms. The molecule has 0 spiro atoms. The minimum absolute atomic E-state index is 0.237. The smallest absolute Gasteiger partial charge is 0.00966 e. The van der Waals surface area contributed by atoms with Gasteiger partial charge in [-0.2, -0.15) is 0 Å². The van der Waals surface area contributed by atoms with Crippen LogP contribution in [-0.2, 0) is 6.42 Å². The lowest BCUT2D eigenvalue weighted by atomic mass is 9.75. The normalized spacial score (nSPS) is 23.3. The van der Waals surface area contributed by atoms with Gasteiger partial charge >= 0.3 is 0 Å². The van der Waals surface area contributed by atoms with Crippen LogP contribution in [0.1, 0.15) is 63.1 Å². The van der Waals surface area contributed by atoms with E-state index in [9.17, 15) is 0 Å². The fourth-order valence-corrected chi connectivity index (χ4v) is 3.69. The summed E-state index contributed by atoms with van der Waals surface area (Å²) in [5.74, 6) is 1.70. The van der Waals surface area contributed by atoms with Gasteiger partial charge in [0.05, 0.1) is 0 Å². The maximum Gasteiger partial charge on any atom is 0.00966 e. The van der Waals surface area contributed by atoms with Gasteiger partial charge in [0.2, 0.25) is 0 Å². The van der Waals surface area contributed by atoms with E-state index in [0.717, 1.165) is 11.8 Å². The second-order valence-corrected chi connectivity index (χ2v) is 8.01. The minimum atomic E-state index is 0.237. The number of aryl methyl sites for hydroxylation is 2. The van der Waals surface area contributed by atoms with Crippen LogP contribution in [-0.4, -0.2) is 12.1 Å². The molecule has 0 radical (unpaired) electrons. The number of hydrogen-bond donors (Lipinski definition) is 1. The molecule has 1 heteroatoms. The highest BCUT2D eigenvalue weighted by atomic mass is 14.9. The lowest BCUT2D eigenvalue weighted by Crippen LogP contribution is -2.41. The molecule has 0 saturated heterocycles. The van der Waals surface area contributed by atoms with Gasteiger partial charge in [-0.15, -0.1) is 0 Å². The highest BCUT2D eigenvalue weighted by Crippen LogP contribution is 2.34. The SMILES string of the molecule is Cc1cccc(C)c1CC1CCCCC1CNC(C)(C)C. The van der Waals surface area contributed by atoms with E-state index in [1.807, 2.05) is 0 Å². The second kappa shape index (κ2) is 6.96. The van der Waals surface area contributed by atoms with Gasteiger partial charge in [0.1, 0.15) is 0 Å². The van der Waals surface area contributed by atoms with Gasteiger partial charge in [-0.05, 0) is 89.0 Å². The first kappa shape index (κ1) is 16.5. The molecule has 1 fully saturated rings. The number of benzene rings is 1. The number of nitrogens with one attached hydrogen (secondary N) is 1. The van der Waals surface area contributed by atoms with Crippen molar-refractivity contribution >= 4 is 0 Å². The van der Waals surface area contributed by atoms with Crippen molar-refractivity contribution in [2.75, 3.05) is 6.54 Å². The second-order valence-electron chi connectivity index (χ2n) is 8.01. The van der Waals surface area contributed by atoms with Gasteiger partial charge in [0.15, 0.2) is 0 Å². The van der Waals surface area contributed by atoms with Crippen molar-refractivity contribution in [1.29, 1.82) is 0 Å². The zero-order valence-electron chi connectivity index (χ0n) is 14.6. The molecule has 1 aliphatic carbocycles. The predicted molar refractivity (Wildman–Crippen MR) is 92.8 cm³/mol. The maximum absolute atomic E-state index is 3.74. The van der Waals surface area contributed by atoms with E-state index in [-0.39, 0.29) is 5.54 Å². The van der Waals surface area contributed by atoms with Gasteiger partial charge in [-0.1, -0.05) is 31.0 Å². The molecule has 1 saturated carbocycles. The Bertz CT molecular complexity index is 435. The lowest BCUT2D eigenvalue weighted by Gasteiger charge is -2.35. The molecule has 118 valence electrons. The molecule has 0 bridgehead atoms. The van der Waals surface area contributed by atoms with E-state index in [0.29, 0.717) is 0 Å². The van der Waals surface area contributed by atoms with Crippen LogP contribution in [0.15, 0.2) is 18.2 Å². The molecule has 0 aliphatic heterocycles. The topological polar surface area (TPSA) is 12.0 Å². The molecule has 1 aliphatic rings. The third-order valence-corrected chi connectivity index (χ3v) is 5.07. The zero-order valence-corrected chi connectivity index (χ0v) is 14.6. The van der Waals surface area contributed by atoms with Crippen molar-refractivity contribution < 1.29 is 0 Å². The quantitative estimate of drug-likeness (QED) is 0.818. The molecule has 0 heterocycles. The van der Waals surface area contributed by atoms with E-state index >= 15 is 0 Å². The Kier molecular flexibility index (Phi) is 5.48. The van der Waals surface area contributed by atoms with E-state index in [2.05, 4.69) is 58.1 Å². The van der Waals surface area contributed by atoms with Crippen molar-refractivity contribution in [1.82, 2.24) is 5.32 Å². The summed E-state index contributed by atoms with van der Waals surface area (Å²) in [6, 6.07) is 6.73. The largest absolute Gasteiger partial charge is 0.312 e. The first-order valence-corrected chi connectivity index (χ1v) is 8.67. The summed E-state index contributed by atoms with van der Waals surface area (Å²) < 4.78 is 0. The summed E-state index contributed by atoms with van der Waals surface area (Å²) in [5.41, 5.74) is 4.79. The molecule has 0 aromatic heterocycles. The molecule has 1 nitrogen and oxygen atoms in total. The predicted octanol–water partition coefficient (Wildman–Crippen LogP) is 5.04. The molecule has 0 amide bonds. The average Bonchev–Trinajstić information content (AvgIpc) is 2.41. The van der Waals surface area contributed by atoms with Crippen LogP contribution in [0.5, 0.6) is 0 Å². The van der Waals surface area contributed by atoms with Gasteiger partial charge in [-0.3, -0.25) is 0 Å². The molecule has 1 aromatic carbocycles. The lowest BCUT2D eigenvalue weighted by molar-refractivity contribution is 0.213. The van der Waals surface area contributed by atoms with Crippen molar-refractivity contribution in [3.63, 3.8) is 0 Å².